The molecule has 0 radical (unpaired) electrons. The van der Waals surface area contributed by atoms with Crippen LogP contribution in [-0.2, 0) is 0 Å². The van der Waals surface area contributed by atoms with Crippen LogP contribution in [0, 0.1) is 12.3 Å². The molecule has 0 aliphatic heterocycles. The van der Waals surface area contributed by atoms with Gasteiger partial charge in [0.05, 0.1) is 0 Å². The lowest BCUT2D eigenvalue weighted by Gasteiger charge is -2.53. The van der Waals surface area contributed by atoms with Gasteiger partial charge < -0.3 is 5.73 Å². The van der Waals surface area contributed by atoms with Crippen LogP contribution in [0.3, 0.4) is 0 Å². The third-order valence-electron chi connectivity index (χ3n) is 4.46. The summed E-state index contributed by atoms with van der Waals surface area (Å²) < 4.78 is 0. The molecular weight excluding hydrogens is 182 g/mol. The minimum atomic E-state index is 0.312. The van der Waals surface area contributed by atoms with Gasteiger partial charge in [0, 0.05) is 6.04 Å². The summed E-state index contributed by atoms with van der Waals surface area (Å²) >= 11 is 0. The Hall–Kier alpha value is -0.820. The average Bonchev–Trinajstić information content (AvgIpc) is 2.26. The largest absolute Gasteiger partial charge is 0.327 e. The van der Waals surface area contributed by atoms with Crippen molar-refractivity contribution in [3.8, 4) is 0 Å². The van der Waals surface area contributed by atoms with Crippen molar-refractivity contribution < 1.29 is 0 Å². The van der Waals surface area contributed by atoms with Gasteiger partial charge in [-0.25, -0.2) is 0 Å². The van der Waals surface area contributed by atoms with E-state index in [0.717, 1.165) is 6.42 Å². The van der Waals surface area contributed by atoms with Gasteiger partial charge in [0.1, 0.15) is 0 Å². The van der Waals surface area contributed by atoms with E-state index in [4.69, 9.17) is 5.73 Å². The minimum absolute atomic E-state index is 0.312. The van der Waals surface area contributed by atoms with E-state index < -0.39 is 0 Å². The van der Waals surface area contributed by atoms with E-state index >= 15 is 0 Å². The molecule has 1 aromatic rings. The first-order valence-corrected chi connectivity index (χ1v) is 5.90. The summed E-state index contributed by atoms with van der Waals surface area (Å²) in [5.74, 6) is 0.665. The maximum absolute atomic E-state index is 6.15. The summed E-state index contributed by atoms with van der Waals surface area (Å²) in [4.78, 5) is 0. The molecule has 1 aromatic carbocycles. The van der Waals surface area contributed by atoms with Crippen LogP contribution in [0.2, 0.25) is 0 Å². The zero-order valence-corrected chi connectivity index (χ0v) is 9.96. The first-order chi connectivity index (χ1) is 7.09. The van der Waals surface area contributed by atoms with Gasteiger partial charge in [0.2, 0.25) is 0 Å². The number of hydrogen-bond acceptors (Lipinski definition) is 1. The smallest absolute Gasteiger partial charge is 0.0105 e. The van der Waals surface area contributed by atoms with Gasteiger partial charge in [0.25, 0.3) is 0 Å². The summed E-state index contributed by atoms with van der Waals surface area (Å²) in [6, 6.07) is 9.10. The van der Waals surface area contributed by atoms with Crippen molar-refractivity contribution in [2.24, 2.45) is 11.1 Å². The molecule has 2 N–H and O–H groups in total. The number of benzene rings is 1. The normalized spacial score (nSPS) is 34.9. The Bertz CT molecular complexity index is 358. The number of rotatable bonds is 2. The average molecular weight is 203 g/mol. The Kier molecular flexibility index (Phi) is 2.59. The first kappa shape index (κ1) is 10.7. The Morgan fingerprint density at radius 3 is 2.60 bits per heavy atom. The molecule has 1 nitrogen and oxygen atoms in total. The molecule has 0 heterocycles. The van der Waals surface area contributed by atoms with Gasteiger partial charge >= 0.3 is 0 Å². The number of nitrogens with two attached hydrogens (primary N) is 1. The molecule has 15 heavy (non-hydrogen) atoms. The van der Waals surface area contributed by atoms with Gasteiger partial charge in [-0.3, -0.25) is 0 Å². The van der Waals surface area contributed by atoms with Gasteiger partial charge in [-0.05, 0) is 42.2 Å². The molecule has 1 heteroatoms. The summed E-state index contributed by atoms with van der Waals surface area (Å²) in [6.45, 7) is 6.79. The molecule has 1 aliphatic rings. The lowest BCUT2D eigenvalue weighted by atomic mass is 9.54. The number of hydrogen-bond donors (Lipinski definition) is 1. The Morgan fingerprint density at radius 2 is 2.07 bits per heavy atom. The van der Waals surface area contributed by atoms with E-state index in [9.17, 15) is 0 Å². The van der Waals surface area contributed by atoms with Crippen LogP contribution < -0.4 is 5.73 Å². The zero-order valence-electron chi connectivity index (χ0n) is 9.96. The monoisotopic (exact) mass is 203 g/mol. The van der Waals surface area contributed by atoms with Crippen LogP contribution in [0.4, 0.5) is 0 Å². The maximum atomic E-state index is 6.15. The van der Waals surface area contributed by atoms with Crippen molar-refractivity contribution in [2.45, 2.75) is 45.6 Å². The van der Waals surface area contributed by atoms with Gasteiger partial charge in [-0.2, -0.15) is 0 Å². The molecule has 0 spiro atoms. The highest BCUT2D eigenvalue weighted by molar-refractivity contribution is 5.34. The van der Waals surface area contributed by atoms with E-state index in [0.29, 0.717) is 17.4 Å². The fourth-order valence-corrected chi connectivity index (χ4v) is 2.86. The standard InChI is InChI=1S/C14H21N/c1-4-14(3)12(9-13(14)15)11-8-6-5-7-10(11)2/h5-8,12-13H,4,9,15H2,1-3H3. The molecule has 0 saturated heterocycles. The van der Waals surface area contributed by atoms with Crippen LogP contribution in [0.15, 0.2) is 24.3 Å². The fraction of sp³-hybridized carbons (Fsp3) is 0.571. The Balaban J connectivity index is 2.31. The summed E-state index contributed by atoms with van der Waals surface area (Å²) in [5, 5.41) is 0. The summed E-state index contributed by atoms with van der Waals surface area (Å²) in [5.41, 5.74) is 9.37. The van der Waals surface area contributed by atoms with Crippen molar-refractivity contribution in [3.05, 3.63) is 35.4 Å². The SMILES string of the molecule is CCC1(C)C(N)CC1c1ccccc1C. The second kappa shape index (κ2) is 3.64. The van der Waals surface area contributed by atoms with Crippen LogP contribution >= 0.6 is 0 Å². The summed E-state index contributed by atoms with van der Waals surface area (Å²) in [7, 11) is 0. The quantitative estimate of drug-likeness (QED) is 0.784. The Labute approximate surface area is 92.7 Å². The highest BCUT2D eigenvalue weighted by atomic mass is 14.8. The highest BCUT2D eigenvalue weighted by Crippen LogP contribution is 2.54. The molecule has 82 valence electrons. The molecule has 2 rings (SSSR count). The van der Waals surface area contributed by atoms with Crippen molar-refractivity contribution in [2.75, 3.05) is 0 Å². The topological polar surface area (TPSA) is 26.0 Å². The highest BCUT2D eigenvalue weighted by Gasteiger charge is 2.49. The Morgan fingerprint density at radius 1 is 1.40 bits per heavy atom. The zero-order chi connectivity index (χ0) is 11.1. The van der Waals surface area contributed by atoms with E-state index in [-0.39, 0.29) is 0 Å². The molecule has 0 bridgehead atoms. The third kappa shape index (κ3) is 1.50. The molecular formula is C14H21N. The van der Waals surface area contributed by atoms with Gasteiger partial charge in [-0.1, -0.05) is 38.1 Å². The van der Waals surface area contributed by atoms with Crippen molar-refractivity contribution in [1.82, 2.24) is 0 Å². The molecule has 1 saturated carbocycles. The van der Waals surface area contributed by atoms with Crippen molar-refractivity contribution in [1.29, 1.82) is 0 Å². The van der Waals surface area contributed by atoms with E-state index in [2.05, 4.69) is 45.0 Å². The van der Waals surface area contributed by atoms with Crippen LogP contribution in [0.25, 0.3) is 0 Å². The van der Waals surface area contributed by atoms with Crippen LogP contribution in [-0.4, -0.2) is 6.04 Å². The second-order valence-corrected chi connectivity index (χ2v) is 5.11. The molecule has 0 aromatic heterocycles. The van der Waals surface area contributed by atoms with E-state index in [1.807, 2.05) is 0 Å². The van der Waals surface area contributed by atoms with Gasteiger partial charge in [0.15, 0.2) is 0 Å². The van der Waals surface area contributed by atoms with Crippen molar-refractivity contribution in [3.63, 3.8) is 0 Å². The minimum Gasteiger partial charge on any atom is -0.327 e. The second-order valence-electron chi connectivity index (χ2n) is 5.11. The lowest BCUT2D eigenvalue weighted by molar-refractivity contribution is 0.0702. The van der Waals surface area contributed by atoms with Crippen LogP contribution in [0.1, 0.15) is 43.7 Å². The number of aryl methyl sites for hydroxylation is 1. The first-order valence-electron chi connectivity index (χ1n) is 5.90. The lowest BCUT2D eigenvalue weighted by Crippen LogP contribution is -2.54. The maximum Gasteiger partial charge on any atom is 0.0105 e. The van der Waals surface area contributed by atoms with Gasteiger partial charge in [-0.15, -0.1) is 0 Å². The fourth-order valence-electron chi connectivity index (χ4n) is 2.86. The predicted molar refractivity (Wildman–Crippen MR) is 64.9 cm³/mol. The van der Waals surface area contributed by atoms with E-state index in [1.54, 1.807) is 0 Å². The third-order valence-corrected chi connectivity index (χ3v) is 4.46. The van der Waals surface area contributed by atoms with Crippen molar-refractivity contribution >= 4 is 0 Å². The molecule has 1 aliphatic carbocycles. The van der Waals surface area contributed by atoms with E-state index in [1.165, 1.54) is 17.5 Å². The molecule has 3 unspecified atom stereocenters. The molecule has 3 atom stereocenters. The molecule has 0 amide bonds. The molecule has 1 fully saturated rings. The van der Waals surface area contributed by atoms with Crippen LogP contribution in [0.5, 0.6) is 0 Å². The predicted octanol–water partition coefficient (Wildman–Crippen LogP) is 3.23. The summed E-state index contributed by atoms with van der Waals surface area (Å²) in [6.07, 6.45) is 2.32.